The number of rotatable bonds is 5. The van der Waals surface area contributed by atoms with Crippen LogP contribution >= 0.6 is 0 Å². The van der Waals surface area contributed by atoms with Crippen LogP contribution in [0.1, 0.15) is 50.8 Å². The molecule has 2 heteroatoms. The van der Waals surface area contributed by atoms with Gasteiger partial charge in [-0.1, -0.05) is 19.8 Å². The van der Waals surface area contributed by atoms with Gasteiger partial charge in [-0.05, 0) is 55.7 Å². The predicted molar refractivity (Wildman–Crippen MR) is 68.7 cm³/mol. The van der Waals surface area contributed by atoms with Crippen molar-refractivity contribution in [2.75, 3.05) is 6.54 Å². The Bertz CT molecular complexity index is 334. The second-order valence-corrected chi connectivity index (χ2v) is 5.64. The van der Waals surface area contributed by atoms with Gasteiger partial charge in [-0.3, -0.25) is 0 Å². The summed E-state index contributed by atoms with van der Waals surface area (Å²) in [5.41, 5.74) is 0. The summed E-state index contributed by atoms with van der Waals surface area (Å²) in [6.07, 6.45) is 8.77. The van der Waals surface area contributed by atoms with E-state index in [1.807, 2.05) is 12.3 Å². The molecule has 94 valence electrons. The third-order valence-electron chi connectivity index (χ3n) is 4.57. The Morgan fingerprint density at radius 1 is 1.35 bits per heavy atom. The number of hydrogen-bond donors (Lipinski definition) is 1. The van der Waals surface area contributed by atoms with E-state index in [2.05, 4.69) is 18.3 Å². The minimum Gasteiger partial charge on any atom is -0.468 e. The van der Waals surface area contributed by atoms with Crippen molar-refractivity contribution in [3.05, 3.63) is 24.2 Å². The van der Waals surface area contributed by atoms with E-state index in [-0.39, 0.29) is 0 Å². The van der Waals surface area contributed by atoms with Gasteiger partial charge in [0.1, 0.15) is 5.76 Å². The fourth-order valence-corrected chi connectivity index (χ4v) is 3.74. The second-order valence-electron chi connectivity index (χ2n) is 5.64. The van der Waals surface area contributed by atoms with Crippen LogP contribution in [0, 0.1) is 17.8 Å². The first-order valence-corrected chi connectivity index (χ1v) is 7.18. The van der Waals surface area contributed by atoms with Crippen LogP contribution in [-0.4, -0.2) is 6.54 Å². The summed E-state index contributed by atoms with van der Waals surface area (Å²) in [4.78, 5) is 0. The van der Waals surface area contributed by atoms with Crippen molar-refractivity contribution in [2.24, 2.45) is 17.8 Å². The van der Waals surface area contributed by atoms with E-state index >= 15 is 0 Å². The highest BCUT2D eigenvalue weighted by molar-refractivity contribution is 5.14. The maximum absolute atomic E-state index is 5.64. The minimum absolute atomic E-state index is 0.470. The smallest absolute Gasteiger partial charge is 0.120 e. The molecule has 0 radical (unpaired) electrons. The van der Waals surface area contributed by atoms with Crippen molar-refractivity contribution >= 4 is 0 Å². The Labute approximate surface area is 104 Å². The zero-order chi connectivity index (χ0) is 11.7. The van der Waals surface area contributed by atoms with Crippen molar-refractivity contribution in [1.82, 2.24) is 5.32 Å². The van der Waals surface area contributed by atoms with E-state index in [4.69, 9.17) is 4.42 Å². The Morgan fingerprint density at radius 2 is 2.12 bits per heavy atom. The standard InChI is InChI=1S/C15H23NO/c1-2-9-16-15(13-8-5-10-17-13)14-11-6-3-4-7-12(11)14/h5,8,10-12,14-16H,2-4,6-7,9H2,1H3. The maximum Gasteiger partial charge on any atom is 0.120 e. The summed E-state index contributed by atoms with van der Waals surface area (Å²) in [6.45, 7) is 3.33. The quantitative estimate of drug-likeness (QED) is 0.837. The molecule has 17 heavy (non-hydrogen) atoms. The Hall–Kier alpha value is -0.760. The molecule has 2 aliphatic carbocycles. The molecule has 1 aromatic rings. The third kappa shape index (κ3) is 2.15. The lowest BCUT2D eigenvalue weighted by atomic mass is 10.0. The van der Waals surface area contributed by atoms with Gasteiger partial charge < -0.3 is 9.73 Å². The number of hydrogen-bond acceptors (Lipinski definition) is 2. The number of nitrogens with one attached hydrogen (secondary N) is 1. The van der Waals surface area contributed by atoms with Crippen LogP contribution in [0.4, 0.5) is 0 Å². The SMILES string of the molecule is CCCNC(c1ccco1)C1C2CCCCC21. The molecule has 1 heterocycles. The minimum atomic E-state index is 0.470. The highest BCUT2D eigenvalue weighted by atomic mass is 16.3. The third-order valence-corrected chi connectivity index (χ3v) is 4.57. The fourth-order valence-electron chi connectivity index (χ4n) is 3.74. The lowest BCUT2D eigenvalue weighted by Crippen LogP contribution is -2.24. The van der Waals surface area contributed by atoms with Crippen molar-refractivity contribution in [2.45, 2.75) is 45.1 Å². The molecule has 0 amide bonds. The Morgan fingerprint density at radius 3 is 2.71 bits per heavy atom. The van der Waals surface area contributed by atoms with Crippen molar-refractivity contribution in [3.63, 3.8) is 0 Å². The van der Waals surface area contributed by atoms with Gasteiger partial charge in [0.05, 0.1) is 12.3 Å². The molecule has 2 aliphatic rings. The van der Waals surface area contributed by atoms with E-state index in [1.165, 1.54) is 32.1 Å². The molecule has 2 saturated carbocycles. The molecule has 2 fully saturated rings. The van der Waals surface area contributed by atoms with Gasteiger partial charge in [0.2, 0.25) is 0 Å². The molecule has 2 nitrogen and oxygen atoms in total. The first-order valence-electron chi connectivity index (χ1n) is 7.18. The molecule has 0 aliphatic heterocycles. The largest absolute Gasteiger partial charge is 0.468 e. The van der Waals surface area contributed by atoms with Gasteiger partial charge in [0.25, 0.3) is 0 Å². The lowest BCUT2D eigenvalue weighted by Gasteiger charge is -2.16. The number of fused-ring (bicyclic) bond motifs is 1. The fraction of sp³-hybridized carbons (Fsp3) is 0.733. The Kier molecular flexibility index (Phi) is 3.24. The monoisotopic (exact) mass is 233 g/mol. The molecule has 0 saturated heterocycles. The van der Waals surface area contributed by atoms with E-state index in [0.717, 1.165) is 30.1 Å². The zero-order valence-corrected chi connectivity index (χ0v) is 10.7. The topological polar surface area (TPSA) is 25.2 Å². The van der Waals surface area contributed by atoms with Crippen LogP contribution in [0.15, 0.2) is 22.8 Å². The summed E-state index contributed by atoms with van der Waals surface area (Å²) < 4.78 is 5.64. The van der Waals surface area contributed by atoms with Gasteiger partial charge in [-0.15, -0.1) is 0 Å². The van der Waals surface area contributed by atoms with E-state index in [9.17, 15) is 0 Å². The van der Waals surface area contributed by atoms with Crippen molar-refractivity contribution in [3.8, 4) is 0 Å². The van der Waals surface area contributed by atoms with Crippen LogP contribution in [-0.2, 0) is 0 Å². The summed E-state index contributed by atoms with van der Waals surface area (Å²) in [7, 11) is 0. The molecule has 0 bridgehead atoms. The average Bonchev–Trinajstić information content (AvgIpc) is 2.83. The molecule has 0 aromatic carbocycles. The number of furan rings is 1. The molecule has 3 rings (SSSR count). The molecule has 1 N–H and O–H groups in total. The molecular weight excluding hydrogens is 210 g/mol. The maximum atomic E-state index is 5.64. The van der Waals surface area contributed by atoms with E-state index in [1.54, 1.807) is 0 Å². The summed E-state index contributed by atoms with van der Waals surface area (Å²) >= 11 is 0. The van der Waals surface area contributed by atoms with E-state index in [0.29, 0.717) is 6.04 Å². The van der Waals surface area contributed by atoms with Crippen LogP contribution in [0.2, 0.25) is 0 Å². The van der Waals surface area contributed by atoms with Crippen LogP contribution in [0.5, 0.6) is 0 Å². The lowest BCUT2D eigenvalue weighted by molar-refractivity contribution is 0.363. The first-order chi connectivity index (χ1) is 8.42. The molecule has 0 spiro atoms. The molecule has 1 aromatic heterocycles. The summed E-state index contributed by atoms with van der Waals surface area (Å²) in [5.74, 6) is 3.94. The van der Waals surface area contributed by atoms with Crippen LogP contribution in [0.25, 0.3) is 0 Å². The second kappa shape index (κ2) is 4.85. The highest BCUT2D eigenvalue weighted by Gasteiger charge is 2.54. The first kappa shape index (κ1) is 11.3. The highest BCUT2D eigenvalue weighted by Crippen LogP contribution is 2.60. The van der Waals surface area contributed by atoms with Gasteiger partial charge >= 0.3 is 0 Å². The van der Waals surface area contributed by atoms with Crippen LogP contribution < -0.4 is 5.32 Å². The van der Waals surface area contributed by atoms with Gasteiger partial charge in [-0.2, -0.15) is 0 Å². The van der Waals surface area contributed by atoms with Crippen molar-refractivity contribution in [1.29, 1.82) is 0 Å². The van der Waals surface area contributed by atoms with Gasteiger partial charge in [-0.25, -0.2) is 0 Å². The normalized spacial score (nSPS) is 33.1. The van der Waals surface area contributed by atoms with Crippen molar-refractivity contribution < 1.29 is 4.42 Å². The van der Waals surface area contributed by atoms with Gasteiger partial charge in [0, 0.05) is 0 Å². The average molecular weight is 233 g/mol. The Balaban J connectivity index is 1.71. The zero-order valence-electron chi connectivity index (χ0n) is 10.7. The predicted octanol–water partition coefficient (Wildman–Crippen LogP) is 3.76. The van der Waals surface area contributed by atoms with E-state index < -0.39 is 0 Å². The summed E-state index contributed by atoms with van der Waals surface area (Å²) in [5, 5.41) is 3.70. The van der Waals surface area contributed by atoms with Gasteiger partial charge in [0.15, 0.2) is 0 Å². The molecular formula is C15H23NO. The van der Waals surface area contributed by atoms with Crippen LogP contribution in [0.3, 0.4) is 0 Å². The molecule has 3 unspecified atom stereocenters. The summed E-state index contributed by atoms with van der Waals surface area (Å²) in [6, 6.07) is 4.62. The molecule has 3 atom stereocenters.